The van der Waals surface area contributed by atoms with Gasteiger partial charge in [-0.05, 0) is 60.9 Å². The van der Waals surface area contributed by atoms with Crippen molar-refractivity contribution >= 4 is 6.08 Å². The van der Waals surface area contributed by atoms with E-state index in [0.29, 0.717) is 5.56 Å². The monoisotopic (exact) mass is 456 g/mol. The molecule has 0 aliphatic heterocycles. The summed E-state index contributed by atoms with van der Waals surface area (Å²) in [4.78, 5) is 0. The van der Waals surface area contributed by atoms with Crippen LogP contribution >= 0.6 is 0 Å². The zero-order valence-electron chi connectivity index (χ0n) is 19.3. The molecule has 1 saturated carbocycles. The van der Waals surface area contributed by atoms with Gasteiger partial charge in [-0.2, -0.15) is 0 Å². The van der Waals surface area contributed by atoms with Crippen molar-refractivity contribution in [3.63, 3.8) is 0 Å². The number of hydrogen-bond acceptors (Lipinski definition) is 0. The fourth-order valence-electron chi connectivity index (χ4n) is 4.23. The number of benzene rings is 2. The molecule has 0 radical (unpaired) electrons. The minimum atomic E-state index is -2.70. The number of hydrogen-bond donors (Lipinski definition) is 0. The smallest absolute Gasteiger partial charge is 0.207 e. The lowest BCUT2D eigenvalue weighted by atomic mass is 9.82. The van der Waals surface area contributed by atoms with Crippen LogP contribution in [0.4, 0.5) is 17.6 Å². The molecular weight excluding hydrogens is 424 g/mol. The highest BCUT2D eigenvalue weighted by Gasteiger charge is 2.36. The maximum atomic E-state index is 14.6. The van der Waals surface area contributed by atoms with Gasteiger partial charge in [0.05, 0.1) is 5.56 Å². The Morgan fingerprint density at radius 2 is 1.58 bits per heavy atom. The lowest BCUT2D eigenvalue weighted by molar-refractivity contribution is -0.0384. The second-order valence-corrected chi connectivity index (χ2v) is 8.94. The van der Waals surface area contributed by atoms with E-state index in [-0.39, 0.29) is 42.7 Å². The first-order chi connectivity index (χ1) is 15.9. The summed E-state index contributed by atoms with van der Waals surface area (Å²) >= 11 is 0. The standard InChI is InChI=1S/C29H32F4/c1-2-3-4-5-6-7-8-9-22-10-12-23(13-11-22)14-15-25-16-17-26(28(31)27(25)30)24-18-20-29(32,33)21-19-24/h8-13,16-17,24H,2-7,18-21H2,1H3/b9-8+. The summed E-state index contributed by atoms with van der Waals surface area (Å²) in [5, 5.41) is 0. The molecule has 0 spiro atoms. The average molecular weight is 457 g/mol. The minimum absolute atomic E-state index is 0.0237. The van der Waals surface area contributed by atoms with Gasteiger partial charge < -0.3 is 0 Å². The first-order valence-electron chi connectivity index (χ1n) is 12.0. The zero-order chi connectivity index (χ0) is 23.7. The zero-order valence-corrected chi connectivity index (χ0v) is 19.3. The topological polar surface area (TPSA) is 0 Å². The number of halogens is 4. The Morgan fingerprint density at radius 1 is 0.879 bits per heavy atom. The lowest BCUT2D eigenvalue weighted by Gasteiger charge is -2.28. The Balaban J connectivity index is 1.59. The predicted molar refractivity (Wildman–Crippen MR) is 127 cm³/mol. The molecule has 176 valence electrons. The van der Waals surface area contributed by atoms with Crippen LogP contribution in [0.2, 0.25) is 0 Å². The van der Waals surface area contributed by atoms with E-state index in [1.807, 2.05) is 24.3 Å². The Kier molecular flexibility index (Phi) is 9.18. The first-order valence-corrected chi connectivity index (χ1v) is 12.0. The molecule has 0 atom stereocenters. The second-order valence-electron chi connectivity index (χ2n) is 8.94. The largest absolute Gasteiger partial charge is 0.248 e. The van der Waals surface area contributed by atoms with Crippen LogP contribution in [-0.2, 0) is 0 Å². The third-order valence-electron chi connectivity index (χ3n) is 6.31. The molecule has 0 N–H and O–H groups in total. The highest BCUT2D eigenvalue weighted by Crippen LogP contribution is 2.41. The SMILES string of the molecule is CCCCCCC/C=C/c1ccc(C#Cc2ccc(C3CCC(F)(F)CC3)c(F)c2F)cc1. The van der Waals surface area contributed by atoms with Crippen LogP contribution in [-0.4, -0.2) is 5.92 Å². The molecule has 33 heavy (non-hydrogen) atoms. The predicted octanol–water partition coefficient (Wildman–Crippen LogP) is 9.03. The molecule has 0 saturated heterocycles. The van der Waals surface area contributed by atoms with Crippen LogP contribution in [0, 0.1) is 23.5 Å². The summed E-state index contributed by atoms with van der Waals surface area (Å²) in [5.41, 5.74) is 1.94. The molecule has 0 unspecified atom stereocenters. The number of unbranched alkanes of at least 4 members (excludes halogenated alkanes) is 5. The van der Waals surface area contributed by atoms with Crippen molar-refractivity contribution in [3.05, 3.63) is 76.4 Å². The fraction of sp³-hybridized carbons (Fsp3) is 0.448. The van der Waals surface area contributed by atoms with E-state index in [2.05, 4.69) is 30.9 Å². The molecule has 4 heteroatoms. The average Bonchev–Trinajstić information content (AvgIpc) is 2.81. The van der Waals surface area contributed by atoms with Crippen LogP contribution in [0.5, 0.6) is 0 Å². The summed E-state index contributed by atoms with van der Waals surface area (Å²) in [6, 6.07) is 10.6. The summed E-state index contributed by atoms with van der Waals surface area (Å²) in [7, 11) is 0. The van der Waals surface area contributed by atoms with Crippen molar-refractivity contribution in [2.24, 2.45) is 0 Å². The van der Waals surface area contributed by atoms with Gasteiger partial charge in [0.1, 0.15) is 0 Å². The Labute approximate surface area is 195 Å². The molecule has 0 aromatic heterocycles. The van der Waals surface area contributed by atoms with Crippen LogP contribution in [0.15, 0.2) is 42.5 Å². The molecule has 3 rings (SSSR count). The maximum absolute atomic E-state index is 14.6. The Bertz CT molecular complexity index is 983. The summed E-state index contributed by atoms with van der Waals surface area (Å²) < 4.78 is 55.9. The maximum Gasteiger partial charge on any atom is 0.248 e. The van der Waals surface area contributed by atoms with Crippen molar-refractivity contribution in [2.75, 3.05) is 0 Å². The van der Waals surface area contributed by atoms with E-state index in [9.17, 15) is 17.6 Å². The molecule has 1 aliphatic rings. The van der Waals surface area contributed by atoms with E-state index >= 15 is 0 Å². The van der Waals surface area contributed by atoms with Gasteiger partial charge in [0.25, 0.3) is 0 Å². The van der Waals surface area contributed by atoms with Gasteiger partial charge in [0.15, 0.2) is 11.6 Å². The van der Waals surface area contributed by atoms with Crippen LogP contribution in [0.25, 0.3) is 6.08 Å². The summed E-state index contributed by atoms with van der Waals surface area (Å²) in [6.45, 7) is 2.21. The molecule has 2 aromatic rings. The van der Waals surface area contributed by atoms with Crippen molar-refractivity contribution in [1.29, 1.82) is 0 Å². The molecule has 2 aromatic carbocycles. The molecule has 0 bridgehead atoms. The minimum Gasteiger partial charge on any atom is -0.207 e. The normalized spacial score (nSPS) is 16.0. The van der Waals surface area contributed by atoms with E-state index in [4.69, 9.17) is 0 Å². The summed E-state index contributed by atoms with van der Waals surface area (Å²) in [5.74, 6) is 0.544. The van der Waals surface area contributed by atoms with Gasteiger partial charge in [-0.25, -0.2) is 17.6 Å². The third kappa shape index (κ3) is 7.49. The molecule has 0 heterocycles. The van der Waals surface area contributed by atoms with Crippen molar-refractivity contribution in [1.82, 2.24) is 0 Å². The first kappa shape index (κ1) is 25.1. The summed E-state index contributed by atoms with van der Waals surface area (Å²) in [6.07, 6.45) is 11.4. The highest BCUT2D eigenvalue weighted by molar-refractivity contribution is 5.52. The quantitative estimate of drug-likeness (QED) is 0.211. The number of alkyl halides is 2. The molecule has 1 fully saturated rings. The Morgan fingerprint density at radius 3 is 2.27 bits per heavy atom. The van der Waals surface area contributed by atoms with Gasteiger partial charge in [-0.15, -0.1) is 0 Å². The van der Waals surface area contributed by atoms with Crippen LogP contribution in [0.3, 0.4) is 0 Å². The number of rotatable bonds is 8. The van der Waals surface area contributed by atoms with Crippen LogP contribution in [0.1, 0.15) is 99.3 Å². The van der Waals surface area contributed by atoms with E-state index < -0.39 is 17.6 Å². The van der Waals surface area contributed by atoms with Gasteiger partial charge in [0, 0.05) is 18.4 Å². The molecule has 0 amide bonds. The van der Waals surface area contributed by atoms with Gasteiger partial charge in [-0.1, -0.05) is 74.8 Å². The van der Waals surface area contributed by atoms with Crippen molar-refractivity contribution < 1.29 is 17.6 Å². The van der Waals surface area contributed by atoms with Crippen molar-refractivity contribution in [3.8, 4) is 11.8 Å². The van der Waals surface area contributed by atoms with Gasteiger partial charge >= 0.3 is 0 Å². The molecular formula is C29H32F4. The third-order valence-corrected chi connectivity index (χ3v) is 6.31. The second kappa shape index (κ2) is 12.1. The Hall–Kier alpha value is -2.54. The lowest BCUT2D eigenvalue weighted by Crippen LogP contribution is -2.24. The van der Waals surface area contributed by atoms with Crippen molar-refractivity contribution in [2.45, 2.75) is 83.0 Å². The fourth-order valence-corrected chi connectivity index (χ4v) is 4.23. The van der Waals surface area contributed by atoms with E-state index in [1.165, 1.54) is 44.2 Å². The highest BCUT2D eigenvalue weighted by atomic mass is 19.3. The molecule has 1 aliphatic carbocycles. The van der Waals surface area contributed by atoms with Crippen LogP contribution < -0.4 is 0 Å². The molecule has 0 nitrogen and oxygen atoms in total. The van der Waals surface area contributed by atoms with Gasteiger partial charge in [-0.3, -0.25) is 0 Å². The van der Waals surface area contributed by atoms with Gasteiger partial charge in [0.2, 0.25) is 5.92 Å². The van der Waals surface area contributed by atoms with E-state index in [0.717, 1.165) is 12.0 Å². The number of allylic oxidation sites excluding steroid dienone is 1. The van der Waals surface area contributed by atoms with E-state index in [1.54, 1.807) is 0 Å².